The Bertz CT molecular complexity index is 512. The van der Waals surface area contributed by atoms with Gasteiger partial charge in [0.2, 0.25) is 0 Å². The normalized spacial score (nSPS) is 10.4. The van der Waals surface area contributed by atoms with E-state index < -0.39 is 0 Å². The first-order chi connectivity index (χ1) is 7.35. The van der Waals surface area contributed by atoms with Crippen molar-refractivity contribution in [3.8, 4) is 6.07 Å². The lowest BCUT2D eigenvalue weighted by atomic mass is 10.2. The summed E-state index contributed by atoms with van der Waals surface area (Å²) in [7, 11) is 1.65. The molecule has 0 aliphatic carbocycles. The van der Waals surface area contributed by atoms with Gasteiger partial charge in [-0.1, -0.05) is 5.21 Å². The molecule has 0 fully saturated rings. The molecule has 0 aliphatic heterocycles. The minimum Gasteiger partial charge on any atom is -0.383 e. The summed E-state index contributed by atoms with van der Waals surface area (Å²) in [5.74, 6) is 0. The van der Waals surface area contributed by atoms with Crippen molar-refractivity contribution < 1.29 is 4.74 Å². The van der Waals surface area contributed by atoms with Gasteiger partial charge >= 0.3 is 0 Å². The van der Waals surface area contributed by atoms with Gasteiger partial charge in [0.1, 0.15) is 5.52 Å². The van der Waals surface area contributed by atoms with Gasteiger partial charge in [0, 0.05) is 7.11 Å². The third-order valence-corrected chi connectivity index (χ3v) is 2.15. The second kappa shape index (κ2) is 4.07. The van der Waals surface area contributed by atoms with Gasteiger partial charge in [-0.15, -0.1) is 5.10 Å². The van der Waals surface area contributed by atoms with Crippen LogP contribution in [0.15, 0.2) is 18.2 Å². The molecule has 2 rings (SSSR count). The third-order valence-electron chi connectivity index (χ3n) is 2.15. The Labute approximate surface area is 86.9 Å². The van der Waals surface area contributed by atoms with E-state index in [-0.39, 0.29) is 0 Å². The molecule has 1 heterocycles. The van der Waals surface area contributed by atoms with Crippen LogP contribution in [0.25, 0.3) is 11.0 Å². The van der Waals surface area contributed by atoms with Gasteiger partial charge in [0.25, 0.3) is 0 Å². The molecule has 0 spiro atoms. The van der Waals surface area contributed by atoms with Crippen molar-refractivity contribution in [3.63, 3.8) is 0 Å². The number of nitrogens with zero attached hydrogens (tertiary/aromatic N) is 4. The van der Waals surface area contributed by atoms with Crippen LogP contribution < -0.4 is 0 Å². The maximum Gasteiger partial charge on any atom is 0.114 e. The molecule has 15 heavy (non-hydrogen) atoms. The molecule has 2 aromatic rings. The van der Waals surface area contributed by atoms with Crippen LogP contribution in [0, 0.1) is 11.3 Å². The van der Waals surface area contributed by atoms with Crippen molar-refractivity contribution in [1.82, 2.24) is 15.0 Å². The molecular formula is C10H10N4O. The van der Waals surface area contributed by atoms with Crippen molar-refractivity contribution in [2.45, 2.75) is 6.54 Å². The molecule has 0 amide bonds. The van der Waals surface area contributed by atoms with Gasteiger partial charge in [-0.25, -0.2) is 4.68 Å². The Morgan fingerprint density at radius 3 is 3.13 bits per heavy atom. The molecule has 0 bridgehead atoms. The highest BCUT2D eigenvalue weighted by Crippen LogP contribution is 2.12. The average Bonchev–Trinajstić information content (AvgIpc) is 2.68. The van der Waals surface area contributed by atoms with E-state index in [2.05, 4.69) is 16.4 Å². The summed E-state index contributed by atoms with van der Waals surface area (Å²) in [5, 5.41) is 16.7. The smallest absolute Gasteiger partial charge is 0.114 e. The predicted octanol–water partition coefficient (Wildman–Crippen LogP) is 0.949. The van der Waals surface area contributed by atoms with E-state index in [0.717, 1.165) is 11.0 Å². The summed E-state index contributed by atoms with van der Waals surface area (Å²) in [6, 6.07) is 7.41. The highest BCUT2D eigenvalue weighted by Gasteiger charge is 2.04. The highest BCUT2D eigenvalue weighted by atomic mass is 16.5. The van der Waals surface area contributed by atoms with Crippen molar-refractivity contribution in [2.24, 2.45) is 0 Å². The summed E-state index contributed by atoms with van der Waals surface area (Å²) >= 11 is 0. The number of fused-ring (bicyclic) bond motifs is 1. The summed E-state index contributed by atoms with van der Waals surface area (Å²) in [5.41, 5.74) is 2.26. The van der Waals surface area contributed by atoms with E-state index in [4.69, 9.17) is 10.00 Å². The fourth-order valence-electron chi connectivity index (χ4n) is 1.38. The first-order valence-corrected chi connectivity index (χ1v) is 4.57. The van der Waals surface area contributed by atoms with E-state index in [1.807, 2.05) is 6.07 Å². The average molecular weight is 202 g/mol. The van der Waals surface area contributed by atoms with E-state index in [9.17, 15) is 0 Å². The number of ether oxygens (including phenoxy) is 1. The zero-order valence-corrected chi connectivity index (χ0v) is 8.34. The quantitative estimate of drug-likeness (QED) is 0.743. The minimum absolute atomic E-state index is 0.596. The molecule has 0 atom stereocenters. The predicted molar refractivity (Wildman–Crippen MR) is 54.1 cm³/mol. The molecule has 0 unspecified atom stereocenters. The maximum absolute atomic E-state index is 8.72. The van der Waals surface area contributed by atoms with Crippen molar-refractivity contribution in [1.29, 1.82) is 5.26 Å². The summed E-state index contributed by atoms with van der Waals surface area (Å²) < 4.78 is 6.73. The van der Waals surface area contributed by atoms with Crippen LogP contribution in [0.5, 0.6) is 0 Å². The number of aromatic nitrogens is 3. The Hall–Kier alpha value is -1.93. The molecule has 0 radical (unpaired) electrons. The Morgan fingerprint density at radius 2 is 2.40 bits per heavy atom. The monoisotopic (exact) mass is 202 g/mol. The third kappa shape index (κ3) is 1.80. The first-order valence-electron chi connectivity index (χ1n) is 4.57. The SMILES string of the molecule is COCCn1nnc2cc(C#N)ccc21. The van der Waals surface area contributed by atoms with Crippen molar-refractivity contribution in [2.75, 3.05) is 13.7 Å². The van der Waals surface area contributed by atoms with Crippen LogP contribution in [0.1, 0.15) is 5.56 Å². The van der Waals surface area contributed by atoms with Crippen molar-refractivity contribution in [3.05, 3.63) is 23.8 Å². The topological polar surface area (TPSA) is 63.7 Å². The number of benzene rings is 1. The molecule has 1 aromatic carbocycles. The molecular weight excluding hydrogens is 192 g/mol. The second-order valence-corrected chi connectivity index (χ2v) is 3.12. The molecule has 5 heteroatoms. The summed E-state index contributed by atoms with van der Waals surface area (Å²) in [6.07, 6.45) is 0. The summed E-state index contributed by atoms with van der Waals surface area (Å²) in [4.78, 5) is 0. The molecule has 0 saturated carbocycles. The van der Waals surface area contributed by atoms with Crippen molar-refractivity contribution >= 4 is 11.0 Å². The van der Waals surface area contributed by atoms with Gasteiger partial charge in [0.05, 0.1) is 30.3 Å². The Morgan fingerprint density at radius 1 is 1.53 bits per heavy atom. The Balaban J connectivity index is 2.39. The number of rotatable bonds is 3. The van der Waals surface area contributed by atoms with E-state index >= 15 is 0 Å². The first kappa shape index (κ1) is 9.62. The zero-order valence-electron chi connectivity index (χ0n) is 8.34. The van der Waals surface area contributed by atoms with Crippen LogP contribution >= 0.6 is 0 Å². The number of methoxy groups -OCH3 is 1. The number of hydrogen-bond acceptors (Lipinski definition) is 4. The minimum atomic E-state index is 0.596. The standard InChI is InChI=1S/C10H10N4O/c1-15-5-4-14-10-3-2-8(7-11)6-9(10)12-13-14/h2-3,6H,4-5H2,1H3. The van der Waals surface area contributed by atoms with Gasteiger partial charge < -0.3 is 4.74 Å². The second-order valence-electron chi connectivity index (χ2n) is 3.12. The number of hydrogen-bond donors (Lipinski definition) is 0. The molecule has 0 N–H and O–H groups in total. The van der Waals surface area contributed by atoms with Crippen LogP contribution in [-0.4, -0.2) is 28.7 Å². The molecule has 0 aliphatic rings. The summed E-state index contributed by atoms with van der Waals surface area (Å²) in [6.45, 7) is 1.26. The van der Waals surface area contributed by atoms with Crippen LogP contribution in [0.2, 0.25) is 0 Å². The largest absolute Gasteiger partial charge is 0.383 e. The molecule has 5 nitrogen and oxygen atoms in total. The van der Waals surface area contributed by atoms with E-state index in [0.29, 0.717) is 18.7 Å². The van der Waals surface area contributed by atoms with Crippen LogP contribution in [-0.2, 0) is 11.3 Å². The highest BCUT2D eigenvalue weighted by molar-refractivity contribution is 5.75. The Kier molecular flexibility index (Phi) is 2.61. The fraction of sp³-hybridized carbons (Fsp3) is 0.300. The zero-order chi connectivity index (χ0) is 10.7. The molecule has 0 saturated heterocycles. The van der Waals surface area contributed by atoms with Crippen LogP contribution in [0.4, 0.5) is 0 Å². The fourth-order valence-corrected chi connectivity index (χ4v) is 1.38. The lowest BCUT2D eigenvalue weighted by Gasteiger charge is -2.00. The van der Waals surface area contributed by atoms with Gasteiger partial charge in [0.15, 0.2) is 0 Å². The van der Waals surface area contributed by atoms with E-state index in [1.165, 1.54) is 0 Å². The van der Waals surface area contributed by atoms with Gasteiger partial charge in [-0.2, -0.15) is 5.26 Å². The molecule has 1 aromatic heterocycles. The van der Waals surface area contributed by atoms with Gasteiger partial charge in [-0.05, 0) is 18.2 Å². The van der Waals surface area contributed by atoms with Gasteiger partial charge in [-0.3, -0.25) is 0 Å². The maximum atomic E-state index is 8.72. The lowest BCUT2D eigenvalue weighted by molar-refractivity contribution is 0.184. The number of nitriles is 1. The molecule has 76 valence electrons. The van der Waals surface area contributed by atoms with E-state index in [1.54, 1.807) is 23.9 Å². The lowest BCUT2D eigenvalue weighted by Crippen LogP contribution is -2.05. The van der Waals surface area contributed by atoms with Crippen LogP contribution in [0.3, 0.4) is 0 Å².